The standard InChI is InChI=1S/C16H14BrN3O/c1-2-12-9-13(17)5-8-15(12)20-16(21)19-14-6-3-11(10-18)4-7-14/h3-9H,2H2,1H3,(H2,19,20,21). The molecule has 106 valence electrons. The third kappa shape index (κ3) is 4.07. The number of carbonyl (C=O) groups excluding carboxylic acids is 1. The van der Waals surface area contributed by atoms with Gasteiger partial charge in [-0.15, -0.1) is 0 Å². The summed E-state index contributed by atoms with van der Waals surface area (Å²) in [5.41, 5.74) is 3.04. The van der Waals surface area contributed by atoms with Gasteiger partial charge in [-0.05, 0) is 54.4 Å². The Balaban J connectivity index is 2.06. The van der Waals surface area contributed by atoms with Crippen LogP contribution < -0.4 is 10.6 Å². The molecule has 0 atom stereocenters. The predicted molar refractivity (Wildman–Crippen MR) is 87.3 cm³/mol. The first kappa shape index (κ1) is 15.1. The minimum absolute atomic E-state index is 0.309. The van der Waals surface area contributed by atoms with Crippen LogP contribution in [0, 0.1) is 11.3 Å². The van der Waals surface area contributed by atoms with Crippen LogP contribution in [0.1, 0.15) is 18.1 Å². The Morgan fingerprint density at radius 1 is 1.19 bits per heavy atom. The molecular weight excluding hydrogens is 330 g/mol. The van der Waals surface area contributed by atoms with Gasteiger partial charge in [0.1, 0.15) is 0 Å². The predicted octanol–water partition coefficient (Wildman–Crippen LogP) is 4.53. The van der Waals surface area contributed by atoms with Crippen LogP contribution in [0.4, 0.5) is 16.2 Å². The van der Waals surface area contributed by atoms with Crippen LogP contribution in [-0.2, 0) is 6.42 Å². The molecule has 2 amide bonds. The summed E-state index contributed by atoms with van der Waals surface area (Å²) in [5, 5.41) is 14.3. The number of halogens is 1. The van der Waals surface area contributed by atoms with Gasteiger partial charge in [0.2, 0.25) is 0 Å². The van der Waals surface area contributed by atoms with E-state index in [1.807, 2.05) is 31.2 Å². The van der Waals surface area contributed by atoms with Gasteiger partial charge < -0.3 is 10.6 Å². The first-order valence-corrected chi connectivity index (χ1v) is 7.28. The highest BCUT2D eigenvalue weighted by molar-refractivity contribution is 9.10. The van der Waals surface area contributed by atoms with E-state index in [-0.39, 0.29) is 6.03 Å². The minimum Gasteiger partial charge on any atom is -0.308 e. The molecule has 21 heavy (non-hydrogen) atoms. The number of carbonyl (C=O) groups is 1. The van der Waals surface area contributed by atoms with E-state index in [0.717, 1.165) is 22.1 Å². The number of amides is 2. The van der Waals surface area contributed by atoms with Gasteiger partial charge in [0.05, 0.1) is 11.6 Å². The molecule has 0 aromatic heterocycles. The van der Waals surface area contributed by atoms with Crippen molar-refractivity contribution >= 4 is 33.3 Å². The number of nitrogens with one attached hydrogen (secondary N) is 2. The molecule has 0 radical (unpaired) electrons. The fraction of sp³-hybridized carbons (Fsp3) is 0.125. The van der Waals surface area contributed by atoms with Crippen LogP contribution in [0.2, 0.25) is 0 Å². The summed E-state index contributed by atoms with van der Waals surface area (Å²) in [6.07, 6.45) is 0.825. The third-order valence-corrected chi connectivity index (χ3v) is 3.46. The van der Waals surface area contributed by atoms with E-state index < -0.39 is 0 Å². The smallest absolute Gasteiger partial charge is 0.308 e. The molecule has 2 rings (SSSR count). The van der Waals surface area contributed by atoms with E-state index in [1.54, 1.807) is 24.3 Å². The Bertz CT molecular complexity index is 690. The molecule has 0 saturated heterocycles. The molecule has 2 N–H and O–H groups in total. The normalized spacial score (nSPS) is 9.76. The molecule has 0 heterocycles. The molecule has 5 heteroatoms. The second kappa shape index (κ2) is 6.91. The lowest BCUT2D eigenvalue weighted by Gasteiger charge is -2.11. The van der Waals surface area contributed by atoms with Crippen LogP contribution in [0.15, 0.2) is 46.9 Å². The lowest BCUT2D eigenvalue weighted by atomic mass is 10.1. The summed E-state index contributed by atoms with van der Waals surface area (Å²) in [4.78, 5) is 12.0. The van der Waals surface area contributed by atoms with E-state index >= 15 is 0 Å². The quantitative estimate of drug-likeness (QED) is 0.859. The lowest BCUT2D eigenvalue weighted by Crippen LogP contribution is -2.20. The first-order chi connectivity index (χ1) is 10.1. The van der Waals surface area contributed by atoms with Crippen molar-refractivity contribution in [3.8, 4) is 6.07 Å². The molecule has 4 nitrogen and oxygen atoms in total. The average molecular weight is 344 g/mol. The Labute approximate surface area is 131 Å². The number of aryl methyl sites for hydroxylation is 1. The van der Waals surface area contributed by atoms with E-state index in [2.05, 4.69) is 26.6 Å². The molecule has 0 spiro atoms. The minimum atomic E-state index is -0.309. The highest BCUT2D eigenvalue weighted by Gasteiger charge is 2.06. The zero-order valence-electron chi connectivity index (χ0n) is 11.5. The molecule has 0 aliphatic carbocycles. The maximum absolute atomic E-state index is 12.0. The molecule has 0 unspecified atom stereocenters. The van der Waals surface area contributed by atoms with Crippen molar-refractivity contribution in [1.29, 1.82) is 5.26 Å². The molecule has 0 aliphatic heterocycles. The fourth-order valence-electron chi connectivity index (χ4n) is 1.89. The second-order valence-corrected chi connectivity index (χ2v) is 5.34. The lowest BCUT2D eigenvalue weighted by molar-refractivity contribution is 0.262. The van der Waals surface area contributed by atoms with E-state index in [1.165, 1.54) is 0 Å². The van der Waals surface area contributed by atoms with Crippen molar-refractivity contribution in [2.45, 2.75) is 13.3 Å². The zero-order chi connectivity index (χ0) is 15.2. The maximum atomic E-state index is 12.0. The summed E-state index contributed by atoms with van der Waals surface area (Å²) >= 11 is 3.42. The van der Waals surface area contributed by atoms with Crippen LogP contribution >= 0.6 is 15.9 Å². The summed E-state index contributed by atoms with van der Waals surface area (Å²) in [6, 6.07) is 14.2. The number of benzene rings is 2. The Morgan fingerprint density at radius 2 is 1.90 bits per heavy atom. The summed E-state index contributed by atoms with van der Waals surface area (Å²) in [6.45, 7) is 2.03. The van der Waals surface area contributed by atoms with Crippen molar-refractivity contribution in [1.82, 2.24) is 0 Å². The van der Waals surface area contributed by atoms with Crippen molar-refractivity contribution in [2.24, 2.45) is 0 Å². The van der Waals surface area contributed by atoms with Gasteiger partial charge in [-0.25, -0.2) is 4.79 Å². The van der Waals surface area contributed by atoms with Gasteiger partial charge in [-0.3, -0.25) is 0 Å². The first-order valence-electron chi connectivity index (χ1n) is 6.49. The topological polar surface area (TPSA) is 64.9 Å². The number of hydrogen-bond donors (Lipinski definition) is 2. The molecular formula is C16H14BrN3O. The summed E-state index contributed by atoms with van der Waals surface area (Å²) in [5.74, 6) is 0. The third-order valence-electron chi connectivity index (χ3n) is 2.97. The van der Waals surface area contributed by atoms with Crippen LogP contribution in [0.25, 0.3) is 0 Å². The molecule has 0 fully saturated rings. The van der Waals surface area contributed by atoms with Gasteiger partial charge in [0, 0.05) is 15.8 Å². The van der Waals surface area contributed by atoms with Crippen molar-refractivity contribution in [3.05, 3.63) is 58.1 Å². The Hall–Kier alpha value is -2.32. The maximum Gasteiger partial charge on any atom is 0.323 e. The van der Waals surface area contributed by atoms with Gasteiger partial charge >= 0.3 is 6.03 Å². The summed E-state index contributed by atoms with van der Waals surface area (Å²) < 4.78 is 0.984. The average Bonchev–Trinajstić information content (AvgIpc) is 2.49. The molecule has 0 saturated carbocycles. The van der Waals surface area contributed by atoms with Crippen molar-refractivity contribution in [2.75, 3.05) is 10.6 Å². The van der Waals surface area contributed by atoms with Crippen molar-refractivity contribution in [3.63, 3.8) is 0 Å². The molecule has 2 aromatic carbocycles. The molecule has 0 bridgehead atoms. The van der Waals surface area contributed by atoms with E-state index in [4.69, 9.17) is 5.26 Å². The number of urea groups is 1. The zero-order valence-corrected chi connectivity index (χ0v) is 13.1. The highest BCUT2D eigenvalue weighted by atomic mass is 79.9. The van der Waals surface area contributed by atoms with Crippen LogP contribution in [0.3, 0.4) is 0 Å². The number of anilines is 2. The van der Waals surface area contributed by atoms with Crippen molar-refractivity contribution < 1.29 is 4.79 Å². The summed E-state index contributed by atoms with van der Waals surface area (Å²) in [7, 11) is 0. The van der Waals surface area contributed by atoms with Gasteiger partial charge in [-0.1, -0.05) is 22.9 Å². The largest absolute Gasteiger partial charge is 0.323 e. The van der Waals surface area contributed by atoms with E-state index in [0.29, 0.717) is 11.3 Å². The fourth-order valence-corrected chi connectivity index (χ4v) is 2.30. The van der Waals surface area contributed by atoms with E-state index in [9.17, 15) is 4.79 Å². The van der Waals surface area contributed by atoms with Gasteiger partial charge in [-0.2, -0.15) is 5.26 Å². The molecule has 2 aromatic rings. The van der Waals surface area contributed by atoms with Gasteiger partial charge in [0.25, 0.3) is 0 Å². The highest BCUT2D eigenvalue weighted by Crippen LogP contribution is 2.22. The Kier molecular flexibility index (Phi) is 4.96. The SMILES string of the molecule is CCc1cc(Br)ccc1NC(=O)Nc1ccc(C#N)cc1. The number of rotatable bonds is 3. The number of hydrogen-bond acceptors (Lipinski definition) is 2. The number of nitrogens with zero attached hydrogens (tertiary/aromatic N) is 1. The second-order valence-electron chi connectivity index (χ2n) is 4.42. The van der Waals surface area contributed by atoms with Gasteiger partial charge in [0.15, 0.2) is 0 Å². The van der Waals surface area contributed by atoms with Crippen LogP contribution in [-0.4, -0.2) is 6.03 Å². The molecule has 0 aliphatic rings. The van der Waals surface area contributed by atoms with Crippen LogP contribution in [0.5, 0.6) is 0 Å². The monoisotopic (exact) mass is 343 g/mol. The number of nitriles is 1. The Morgan fingerprint density at radius 3 is 2.52 bits per heavy atom.